The molecule has 1 saturated carbocycles. The van der Waals surface area contributed by atoms with Gasteiger partial charge in [-0.2, -0.15) is 0 Å². The Kier molecular flexibility index (Phi) is 5.83. The lowest BCUT2D eigenvalue weighted by atomic mass is 10.2. The van der Waals surface area contributed by atoms with E-state index in [1.165, 1.54) is 0 Å². The fourth-order valence-electron chi connectivity index (χ4n) is 2.76. The highest BCUT2D eigenvalue weighted by Gasteiger charge is 2.27. The second-order valence-electron chi connectivity index (χ2n) is 6.96. The molecule has 1 aliphatic rings. The van der Waals surface area contributed by atoms with Gasteiger partial charge < -0.3 is 19.9 Å². The number of aryl methyl sites for hydroxylation is 1. The van der Waals surface area contributed by atoms with Crippen molar-refractivity contribution in [1.29, 1.82) is 0 Å². The van der Waals surface area contributed by atoms with Gasteiger partial charge in [0.2, 0.25) is 0 Å². The number of ether oxygens (including phenoxy) is 1. The van der Waals surface area contributed by atoms with Crippen molar-refractivity contribution in [3.8, 4) is 0 Å². The van der Waals surface area contributed by atoms with Gasteiger partial charge in [-0.15, -0.1) is 0 Å². The minimum absolute atomic E-state index is 0.223. The number of alkyl carbamates (subject to hydrolysis) is 1. The van der Waals surface area contributed by atoms with E-state index in [2.05, 4.69) is 20.2 Å². The Morgan fingerprint density at radius 1 is 1.36 bits per heavy atom. The Morgan fingerprint density at radius 3 is 2.82 bits per heavy atom. The Balaban J connectivity index is 1.58. The molecule has 6 heteroatoms. The molecule has 1 heterocycles. The first kappa shape index (κ1) is 16.8. The molecule has 1 aromatic heterocycles. The molecular weight excluding hydrogens is 280 g/mol. The summed E-state index contributed by atoms with van der Waals surface area (Å²) in [6.45, 7) is 7.62. The highest BCUT2D eigenvalue weighted by Crippen LogP contribution is 2.19. The number of nitrogens with one attached hydrogen (secondary N) is 2. The van der Waals surface area contributed by atoms with Crippen molar-refractivity contribution in [2.45, 2.75) is 70.7 Å². The molecular formula is C16H28N4O2. The maximum Gasteiger partial charge on any atom is 0.407 e. The Bertz CT molecular complexity index is 453. The third-order valence-corrected chi connectivity index (χ3v) is 3.74. The number of amides is 1. The molecule has 1 amide bonds. The lowest BCUT2D eigenvalue weighted by Gasteiger charge is -2.21. The smallest absolute Gasteiger partial charge is 0.407 e. The van der Waals surface area contributed by atoms with E-state index in [1.54, 1.807) is 6.20 Å². The van der Waals surface area contributed by atoms with Crippen LogP contribution in [-0.2, 0) is 11.3 Å². The number of nitrogens with zero attached hydrogens (tertiary/aromatic N) is 2. The van der Waals surface area contributed by atoms with E-state index in [0.29, 0.717) is 6.04 Å². The highest BCUT2D eigenvalue weighted by atomic mass is 16.6. The molecule has 0 saturated heterocycles. The van der Waals surface area contributed by atoms with Gasteiger partial charge in [0, 0.05) is 31.0 Å². The molecule has 124 valence electrons. The monoisotopic (exact) mass is 308 g/mol. The molecule has 1 fully saturated rings. The van der Waals surface area contributed by atoms with E-state index in [0.717, 1.165) is 38.8 Å². The summed E-state index contributed by atoms with van der Waals surface area (Å²) in [6, 6.07) is 0.712. The number of rotatable bonds is 6. The maximum absolute atomic E-state index is 11.8. The van der Waals surface area contributed by atoms with E-state index in [4.69, 9.17) is 4.74 Å². The summed E-state index contributed by atoms with van der Waals surface area (Å²) >= 11 is 0. The molecule has 1 aliphatic carbocycles. The maximum atomic E-state index is 11.8. The topological polar surface area (TPSA) is 68.2 Å². The first-order valence-corrected chi connectivity index (χ1v) is 8.11. The van der Waals surface area contributed by atoms with Crippen molar-refractivity contribution in [3.63, 3.8) is 0 Å². The average molecular weight is 308 g/mol. The van der Waals surface area contributed by atoms with E-state index < -0.39 is 5.60 Å². The fourth-order valence-corrected chi connectivity index (χ4v) is 2.76. The number of carbonyl (C=O) groups is 1. The number of hydrogen-bond acceptors (Lipinski definition) is 4. The van der Waals surface area contributed by atoms with Crippen molar-refractivity contribution < 1.29 is 9.53 Å². The summed E-state index contributed by atoms with van der Waals surface area (Å²) in [5, 5.41) is 6.53. The summed E-state index contributed by atoms with van der Waals surface area (Å²) in [4.78, 5) is 15.8. The number of aromatic nitrogens is 2. The summed E-state index contributed by atoms with van der Waals surface area (Å²) < 4.78 is 7.38. The van der Waals surface area contributed by atoms with Crippen LogP contribution in [0.2, 0.25) is 0 Å². The molecule has 0 aromatic carbocycles. The molecule has 2 N–H and O–H groups in total. The van der Waals surface area contributed by atoms with Crippen LogP contribution in [0, 0.1) is 0 Å². The predicted octanol–water partition coefficient (Wildman–Crippen LogP) is 2.31. The molecule has 2 atom stereocenters. The second-order valence-corrected chi connectivity index (χ2v) is 6.96. The van der Waals surface area contributed by atoms with Crippen LogP contribution in [0.5, 0.6) is 0 Å². The Labute approximate surface area is 132 Å². The largest absolute Gasteiger partial charge is 0.444 e. The lowest BCUT2D eigenvalue weighted by Crippen LogP contribution is -2.39. The van der Waals surface area contributed by atoms with Gasteiger partial charge in [0.25, 0.3) is 0 Å². The minimum atomic E-state index is -0.437. The zero-order valence-corrected chi connectivity index (χ0v) is 13.8. The number of hydrogen-bond donors (Lipinski definition) is 2. The van der Waals surface area contributed by atoms with Crippen LogP contribution in [0.15, 0.2) is 18.7 Å². The molecule has 0 bridgehead atoms. The van der Waals surface area contributed by atoms with Crippen molar-refractivity contribution in [3.05, 3.63) is 18.7 Å². The van der Waals surface area contributed by atoms with Crippen molar-refractivity contribution >= 4 is 6.09 Å². The van der Waals surface area contributed by atoms with Gasteiger partial charge in [-0.3, -0.25) is 0 Å². The molecule has 0 aliphatic heterocycles. The van der Waals surface area contributed by atoms with Gasteiger partial charge >= 0.3 is 6.09 Å². The Hall–Kier alpha value is -1.56. The molecule has 0 radical (unpaired) electrons. The van der Waals surface area contributed by atoms with E-state index in [9.17, 15) is 4.79 Å². The average Bonchev–Trinajstić information content (AvgIpc) is 3.04. The molecule has 6 nitrogen and oxygen atoms in total. The van der Waals surface area contributed by atoms with Gasteiger partial charge in [-0.1, -0.05) is 0 Å². The zero-order chi connectivity index (χ0) is 16.0. The van der Waals surface area contributed by atoms with Crippen LogP contribution >= 0.6 is 0 Å². The van der Waals surface area contributed by atoms with Crippen molar-refractivity contribution in [1.82, 2.24) is 20.2 Å². The highest BCUT2D eigenvalue weighted by molar-refractivity contribution is 5.68. The lowest BCUT2D eigenvalue weighted by molar-refractivity contribution is 0.0505. The third kappa shape index (κ3) is 6.05. The van der Waals surface area contributed by atoms with Crippen LogP contribution in [-0.4, -0.2) is 39.9 Å². The summed E-state index contributed by atoms with van der Waals surface area (Å²) in [7, 11) is 0. The normalized spacial score (nSPS) is 21.8. The minimum Gasteiger partial charge on any atom is -0.444 e. The SMILES string of the molecule is CC(C)(C)OC(=O)NC1CCC(NCCCn2ccnc2)C1. The van der Waals surface area contributed by atoms with Crippen LogP contribution < -0.4 is 10.6 Å². The molecule has 22 heavy (non-hydrogen) atoms. The predicted molar refractivity (Wildman–Crippen MR) is 85.6 cm³/mol. The first-order chi connectivity index (χ1) is 10.4. The molecule has 1 aromatic rings. The van der Waals surface area contributed by atoms with Crippen LogP contribution in [0.1, 0.15) is 46.5 Å². The van der Waals surface area contributed by atoms with Gasteiger partial charge in [0.1, 0.15) is 5.60 Å². The fraction of sp³-hybridized carbons (Fsp3) is 0.750. The van der Waals surface area contributed by atoms with Crippen LogP contribution in [0.4, 0.5) is 4.79 Å². The van der Waals surface area contributed by atoms with Gasteiger partial charge in [-0.05, 0) is 53.0 Å². The summed E-state index contributed by atoms with van der Waals surface area (Å²) in [5.41, 5.74) is -0.437. The van der Waals surface area contributed by atoms with Crippen LogP contribution in [0.25, 0.3) is 0 Å². The number of imidazole rings is 1. The molecule has 2 unspecified atom stereocenters. The van der Waals surface area contributed by atoms with Crippen LogP contribution in [0.3, 0.4) is 0 Å². The standard InChI is InChI=1S/C16H28N4O2/c1-16(2,3)22-15(21)19-14-6-5-13(11-14)18-7-4-9-20-10-8-17-12-20/h8,10,12-14,18H,4-7,9,11H2,1-3H3,(H,19,21). The molecule has 2 rings (SSSR count). The zero-order valence-electron chi connectivity index (χ0n) is 13.8. The van der Waals surface area contributed by atoms with Gasteiger partial charge in [0.05, 0.1) is 6.33 Å². The van der Waals surface area contributed by atoms with E-state index >= 15 is 0 Å². The van der Waals surface area contributed by atoms with E-state index in [1.807, 2.05) is 33.3 Å². The quantitative estimate of drug-likeness (QED) is 0.791. The summed E-state index contributed by atoms with van der Waals surface area (Å²) in [6.07, 6.45) is 9.49. The third-order valence-electron chi connectivity index (χ3n) is 3.74. The first-order valence-electron chi connectivity index (χ1n) is 8.11. The van der Waals surface area contributed by atoms with E-state index in [-0.39, 0.29) is 12.1 Å². The Morgan fingerprint density at radius 2 is 2.14 bits per heavy atom. The second kappa shape index (κ2) is 7.63. The van der Waals surface area contributed by atoms with Crippen molar-refractivity contribution in [2.24, 2.45) is 0 Å². The van der Waals surface area contributed by atoms with Gasteiger partial charge in [0.15, 0.2) is 0 Å². The number of carbonyl (C=O) groups excluding carboxylic acids is 1. The van der Waals surface area contributed by atoms with Gasteiger partial charge in [-0.25, -0.2) is 9.78 Å². The van der Waals surface area contributed by atoms with Crippen molar-refractivity contribution in [2.75, 3.05) is 6.54 Å². The summed E-state index contributed by atoms with van der Waals surface area (Å²) in [5.74, 6) is 0. The molecule has 0 spiro atoms.